The molecule has 0 bridgehead atoms. The number of nitrogens with one attached hydrogen (secondary N) is 1. The molecular weight excluding hydrogens is 206 g/mol. The fourth-order valence-corrected chi connectivity index (χ4v) is 2.89. The van der Waals surface area contributed by atoms with E-state index in [2.05, 4.69) is 24.9 Å². The summed E-state index contributed by atoms with van der Waals surface area (Å²) in [5, 5.41) is 12.7. The van der Waals surface area contributed by atoms with Gasteiger partial charge in [-0.2, -0.15) is 12.6 Å². The number of thiol groups is 1. The van der Waals surface area contributed by atoms with Crippen molar-refractivity contribution in [2.75, 3.05) is 25.4 Å². The van der Waals surface area contributed by atoms with Crippen molar-refractivity contribution in [1.29, 1.82) is 0 Å². The van der Waals surface area contributed by atoms with Crippen LogP contribution in [0.1, 0.15) is 32.6 Å². The van der Waals surface area contributed by atoms with E-state index in [-0.39, 0.29) is 0 Å². The van der Waals surface area contributed by atoms with Gasteiger partial charge < -0.3 is 10.4 Å². The van der Waals surface area contributed by atoms with Crippen LogP contribution in [-0.4, -0.2) is 30.6 Å². The molecule has 0 aromatic heterocycles. The first-order valence-electron chi connectivity index (χ1n) is 6.22. The molecule has 1 saturated heterocycles. The number of rotatable bonds is 6. The molecule has 0 saturated carbocycles. The zero-order valence-corrected chi connectivity index (χ0v) is 10.7. The molecule has 3 atom stereocenters. The molecule has 0 spiro atoms. The molecular formula is C12H25NOS. The Morgan fingerprint density at radius 1 is 1.47 bits per heavy atom. The summed E-state index contributed by atoms with van der Waals surface area (Å²) in [5.41, 5.74) is 0. The van der Waals surface area contributed by atoms with E-state index in [4.69, 9.17) is 0 Å². The predicted octanol–water partition coefficient (Wildman–Crippen LogP) is 1.94. The van der Waals surface area contributed by atoms with Crippen LogP contribution < -0.4 is 5.32 Å². The van der Waals surface area contributed by atoms with Crippen LogP contribution in [-0.2, 0) is 0 Å². The number of aliphatic hydroxyl groups is 1. The molecule has 2 N–H and O–H groups in total. The second-order valence-electron chi connectivity index (χ2n) is 4.80. The van der Waals surface area contributed by atoms with Crippen molar-refractivity contribution in [3.8, 4) is 0 Å². The normalized spacial score (nSPS) is 29.0. The standard InChI is InChI=1S/C12H25NOS/c1-10(9-14)12-5-6-13-8-11(12)4-2-3-7-15/h10-15H,2-9H2,1H3. The third-order valence-corrected chi connectivity index (χ3v) is 3.98. The van der Waals surface area contributed by atoms with Crippen LogP contribution in [0.5, 0.6) is 0 Å². The first-order chi connectivity index (χ1) is 7.29. The fraction of sp³-hybridized carbons (Fsp3) is 1.00. The van der Waals surface area contributed by atoms with Gasteiger partial charge in [0, 0.05) is 6.61 Å². The molecule has 1 heterocycles. The highest BCUT2D eigenvalue weighted by Crippen LogP contribution is 2.30. The van der Waals surface area contributed by atoms with E-state index in [9.17, 15) is 5.11 Å². The van der Waals surface area contributed by atoms with Crippen LogP contribution in [0.2, 0.25) is 0 Å². The van der Waals surface area contributed by atoms with Crippen LogP contribution in [0.25, 0.3) is 0 Å². The van der Waals surface area contributed by atoms with Crippen molar-refractivity contribution in [3.05, 3.63) is 0 Å². The second kappa shape index (κ2) is 7.53. The summed E-state index contributed by atoms with van der Waals surface area (Å²) in [6, 6.07) is 0. The Hall–Kier alpha value is 0.270. The third kappa shape index (κ3) is 4.33. The monoisotopic (exact) mass is 231 g/mol. The quantitative estimate of drug-likeness (QED) is 0.482. The second-order valence-corrected chi connectivity index (χ2v) is 5.24. The highest BCUT2D eigenvalue weighted by molar-refractivity contribution is 7.80. The molecule has 2 nitrogen and oxygen atoms in total. The number of aliphatic hydroxyl groups excluding tert-OH is 1. The van der Waals surface area contributed by atoms with Crippen LogP contribution in [0.15, 0.2) is 0 Å². The van der Waals surface area contributed by atoms with Gasteiger partial charge in [0.2, 0.25) is 0 Å². The van der Waals surface area contributed by atoms with E-state index >= 15 is 0 Å². The maximum atomic E-state index is 9.24. The average molecular weight is 231 g/mol. The van der Waals surface area contributed by atoms with Crippen molar-refractivity contribution in [1.82, 2.24) is 5.32 Å². The SMILES string of the molecule is CC(CO)C1CCNCC1CCCCS. The van der Waals surface area contributed by atoms with Gasteiger partial charge in [0.1, 0.15) is 0 Å². The van der Waals surface area contributed by atoms with E-state index in [1.807, 2.05) is 0 Å². The maximum Gasteiger partial charge on any atom is 0.0459 e. The number of hydrogen-bond donors (Lipinski definition) is 3. The summed E-state index contributed by atoms with van der Waals surface area (Å²) in [7, 11) is 0. The molecule has 1 aliphatic rings. The molecule has 3 unspecified atom stereocenters. The molecule has 0 aliphatic carbocycles. The Morgan fingerprint density at radius 2 is 2.27 bits per heavy atom. The minimum absolute atomic E-state index is 0.341. The van der Waals surface area contributed by atoms with E-state index < -0.39 is 0 Å². The van der Waals surface area contributed by atoms with Crippen molar-refractivity contribution in [2.45, 2.75) is 32.6 Å². The molecule has 1 fully saturated rings. The minimum atomic E-state index is 0.341. The summed E-state index contributed by atoms with van der Waals surface area (Å²) in [6.07, 6.45) is 5.03. The Bertz CT molecular complexity index is 166. The maximum absolute atomic E-state index is 9.24. The molecule has 3 heteroatoms. The van der Waals surface area contributed by atoms with Crippen LogP contribution in [0, 0.1) is 17.8 Å². The van der Waals surface area contributed by atoms with Gasteiger partial charge in [-0.05, 0) is 55.9 Å². The summed E-state index contributed by atoms with van der Waals surface area (Å²) in [4.78, 5) is 0. The molecule has 0 radical (unpaired) electrons. The number of unbranched alkanes of at least 4 members (excludes halogenated alkanes) is 1. The fourth-order valence-electron chi connectivity index (χ4n) is 2.66. The Kier molecular flexibility index (Phi) is 6.69. The molecule has 1 aliphatic heterocycles. The van der Waals surface area contributed by atoms with Crippen LogP contribution >= 0.6 is 12.6 Å². The smallest absolute Gasteiger partial charge is 0.0459 e. The molecule has 15 heavy (non-hydrogen) atoms. The molecule has 0 aromatic rings. The molecule has 0 amide bonds. The number of hydrogen-bond acceptors (Lipinski definition) is 3. The topological polar surface area (TPSA) is 32.3 Å². The molecule has 90 valence electrons. The van der Waals surface area contributed by atoms with Crippen LogP contribution in [0.4, 0.5) is 0 Å². The number of piperidine rings is 1. The first-order valence-corrected chi connectivity index (χ1v) is 6.85. The lowest BCUT2D eigenvalue weighted by atomic mass is 9.76. The van der Waals surface area contributed by atoms with E-state index in [0.29, 0.717) is 12.5 Å². The highest BCUT2D eigenvalue weighted by atomic mass is 32.1. The van der Waals surface area contributed by atoms with Gasteiger partial charge in [-0.25, -0.2) is 0 Å². The zero-order valence-electron chi connectivity index (χ0n) is 9.78. The highest BCUT2D eigenvalue weighted by Gasteiger charge is 2.28. The summed E-state index contributed by atoms with van der Waals surface area (Å²) in [5.74, 6) is 2.95. The van der Waals surface area contributed by atoms with Gasteiger partial charge in [-0.1, -0.05) is 13.3 Å². The summed E-state index contributed by atoms with van der Waals surface area (Å²) < 4.78 is 0. The van der Waals surface area contributed by atoms with Crippen molar-refractivity contribution in [3.63, 3.8) is 0 Å². The Balaban J connectivity index is 2.35. The largest absolute Gasteiger partial charge is 0.396 e. The first kappa shape index (κ1) is 13.3. The van der Waals surface area contributed by atoms with E-state index in [1.165, 1.54) is 25.7 Å². The lowest BCUT2D eigenvalue weighted by Gasteiger charge is -2.35. The van der Waals surface area contributed by atoms with Crippen LogP contribution in [0.3, 0.4) is 0 Å². The molecule has 0 aromatic carbocycles. The van der Waals surface area contributed by atoms with Gasteiger partial charge in [0.25, 0.3) is 0 Å². The van der Waals surface area contributed by atoms with Gasteiger partial charge in [-0.3, -0.25) is 0 Å². The van der Waals surface area contributed by atoms with Crippen molar-refractivity contribution < 1.29 is 5.11 Å². The lowest BCUT2D eigenvalue weighted by Crippen LogP contribution is -2.40. The van der Waals surface area contributed by atoms with Crippen molar-refractivity contribution >= 4 is 12.6 Å². The molecule has 1 rings (SSSR count). The van der Waals surface area contributed by atoms with Gasteiger partial charge in [0.15, 0.2) is 0 Å². The van der Waals surface area contributed by atoms with Gasteiger partial charge in [-0.15, -0.1) is 0 Å². The van der Waals surface area contributed by atoms with Crippen molar-refractivity contribution in [2.24, 2.45) is 17.8 Å². The lowest BCUT2D eigenvalue weighted by molar-refractivity contribution is 0.115. The Labute approximate surface area is 99.2 Å². The summed E-state index contributed by atoms with van der Waals surface area (Å²) in [6.45, 7) is 4.79. The van der Waals surface area contributed by atoms with Gasteiger partial charge in [0.05, 0.1) is 0 Å². The van der Waals surface area contributed by atoms with E-state index in [1.54, 1.807) is 0 Å². The predicted molar refractivity (Wildman–Crippen MR) is 68.4 cm³/mol. The van der Waals surface area contributed by atoms with E-state index in [0.717, 1.165) is 30.7 Å². The summed E-state index contributed by atoms with van der Waals surface area (Å²) >= 11 is 4.24. The zero-order chi connectivity index (χ0) is 11.1. The van der Waals surface area contributed by atoms with Gasteiger partial charge >= 0.3 is 0 Å². The minimum Gasteiger partial charge on any atom is -0.396 e. The average Bonchev–Trinajstić information content (AvgIpc) is 2.29. The Morgan fingerprint density at radius 3 is 2.93 bits per heavy atom. The third-order valence-electron chi connectivity index (χ3n) is 3.67.